The molecule has 2 atom stereocenters. The molecule has 1 fully saturated rings. The Hall–Kier alpha value is -0.650. The van der Waals surface area contributed by atoms with Gasteiger partial charge in [0.15, 0.2) is 0 Å². The molecular formula is C15H31N3O2. The van der Waals surface area contributed by atoms with Crippen LogP contribution < -0.4 is 11.1 Å². The number of likely N-dealkylation sites (N-methyl/N-ethyl adjacent to an activating group) is 1. The molecule has 0 spiro atoms. The Morgan fingerprint density at radius 3 is 2.70 bits per heavy atom. The van der Waals surface area contributed by atoms with E-state index in [1.165, 1.54) is 0 Å². The molecule has 1 aliphatic heterocycles. The van der Waals surface area contributed by atoms with Crippen molar-refractivity contribution >= 4 is 5.91 Å². The highest BCUT2D eigenvalue weighted by Gasteiger charge is 2.32. The summed E-state index contributed by atoms with van der Waals surface area (Å²) in [6, 6.07) is 0.237. The summed E-state index contributed by atoms with van der Waals surface area (Å²) < 4.78 is 5.68. The molecule has 118 valence electrons. The lowest BCUT2D eigenvalue weighted by Gasteiger charge is -2.33. The fourth-order valence-electron chi connectivity index (χ4n) is 2.74. The SMILES string of the molecule is CCN(CCC(C)(NC(C)C)C(N)=O)CC1CCCO1. The van der Waals surface area contributed by atoms with E-state index in [4.69, 9.17) is 10.5 Å². The number of carbonyl (C=O) groups excluding carboxylic acids is 1. The summed E-state index contributed by atoms with van der Waals surface area (Å²) in [6.45, 7) is 11.8. The predicted molar refractivity (Wildman–Crippen MR) is 81.6 cm³/mol. The minimum atomic E-state index is -0.641. The van der Waals surface area contributed by atoms with Gasteiger partial charge in [0, 0.05) is 25.7 Å². The van der Waals surface area contributed by atoms with Crippen molar-refractivity contribution in [2.75, 3.05) is 26.2 Å². The number of nitrogens with zero attached hydrogens (tertiary/aromatic N) is 1. The largest absolute Gasteiger partial charge is 0.377 e. The smallest absolute Gasteiger partial charge is 0.237 e. The maximum Gasteiger partial charge on any atom is 0.237 e. The third-order valence-electron chi connectivity index (χ3n) is 4.01. The van der Waals surface area contributed by atoms with Gasteiger partial charge in [0.1, 0.15) is 0 Å². The molecule has 1 heterocycles. The van der Waals surface area contributed by atoms with Crippen molar-refractivity contribution in [3.63, 3.8) is 0 Å². The number of nitrogens with one attached hydrogen (secondary N) is 1. The summed E-state index contributed by atoms with van der Waals surface area (Å²) in [4.78, 5) is 14.1. The molecule has 0 aliphatic carbocycles. The first-order chi connectivity index (χ1) is 9.37. The van der Waals surface area contributed by atoms with Gasteiger partial charge in [0.05, 0.1) is 11.6 Å². The predicted octanol–water partition coefficient (Wildman–Crippen LogP) is 1.12. The number of hydrogen-bond donors (Lipinski definition) is 2. The van der Waals surface area contributed by atoms with Gasteiger partial charge < -0.3 is 20.7 Å². The lowest BCUT2D eigenvalue weighted by Crippen LogP contribution is -2.57. The summed E-state index contributed by atoms with van der Waals surface area (Å²) in [5, 5.41) is 3.30. The van der Waals surface area contributed by atoms with Gasteiger partial charge in [-0.05, 0) is 46.6 Å². The Morgan fingerprint density at radius 2 is 2.25 bits per heavy atom. The van der Waals surface area contributed by atoms with Crippen LogP contribution in [0.3, 0.4) is 0 Å². The maximum atomic E-state index is 11.7. The van der Waals surface area contributed by atoms with Gasteiger partial charge in [-0.2, -0.15) is 0 Å². The molecule has 1 aliphatic rings. The van der Waals surface area contributed by atoms with Gasteiger partial charge in [-0.3, -0.25) is 4.79 Å². The molecule has 0 aromatic rings. The highest BCUT2D eigenvalue weighted by molar-refractivity contribution is 5.84. The van der Waals surface area contributed by atoms with Crippen molar-refractivity contribution in [1.82, 2.24) is 10.2 Å². The molecule has 3 N–H and O–H groups in total. The van der Waals surface area contributed by atoms with E-state index in [1.54, 1.807) is 0 Å². The standard InChI is InChI=1S/C15H31N3O2/c1-5-18(11-13-7-6-10-20-13)9-8-15(4,14(16)19)17-12(2)3/h12-13,17H,5-11H2,1-4H3,(H2,16,19). The van der Waals surface area contributed by atoms with Crippen LogP contribution in [0.1, 0.15) is 47.0 Å². The van der Waals surface area contributed by atoms with Crippen molar-refractivity contribution in [2.45, 2.75) is 64.6 Å². The molecule has 20 heavy (non-hydrogen) atoms. The van der Waals surface area contributed by atoms with E-state index < -0.39 is 5.54 Å². The second kappa shape index (κ2) is 7.96. The average Bonchev–Trinajstić information content (AvgIpc) is 2.86. The molecule has 0 radical (unpaired) electrons. The van der Waals surface area contributed by atoms with E-state index in [0.717, 1.165) is 45.5 Å². The number of amides is 1. The topological polar surface area (TPSA) is 67.6 Å². The minimum Gasteiger partial charge on any atom is -0.377 e. The average molecular weight is 285 g/mol. The number of carbonyl (C=O) groups is 1. The van der Waals surface area contributed by atoms with Gasteiger partial charge in [0.2, 0.25) is 5.91 Å². The van der Waals surface area contributed by atoms with Gasteiger partial charge in [-0.1, -0.05) is 6.92 Å². The number of nitrogens with two attached hydrogens (primary N) is 1. The normalized spacial score (nSPS) is 22.4. The van der Waals surface area contributed by atoms with Crippen molar-refractivity contribution in [3.8, 4) is 0 Å². The molecule has 1 saturated heterocycles. The molecule has 0 aromatic carbocycles. The molecule has 5 heteroatoms. The first-order valence-corrected chi connectivity index (χ1v) is 7.79. The summed E-state index contributed by atoms with van der Waals surface area (Å²) in [5.74, 6) is -0.278. The van der Waals surface area contributed by atoms with Crippen LogP contribution in [0, 0.1) is 0 Å². The van der Waals surface area contributed by atoms with Crippen molar-refractivity contribution in [1.29, 1.82) is 0 Å². The Bertz CT molecular complexity index is 303. The quantitative estimate of drug-likeness (QED) is 0.666. The van der Waals surface area contributed by atoms with E-state index in [1.807, 2.05) is 20.8 Å². The fourth-order valence-corrected chi connectivity index (χ4v) is 2.74. The van der Waals surface area contributed by atoms with Crippen LogP contribution >= 0.6 is 0 Å². The highest BCUT2D eigenvalue weighted by atomic mass is 16.5. The molecule has 0 aromatic heterocycles. The second-order valence-corrected chi connectivity index (χ2v) is 6.27. The summed E-state index contributed by atoms with van der Waals surface area (Å²) >= 11 is 0. The van der Waals surface area contributed by atoms with Gasteiger partial charge in [0.25, 0.3) is 0 Å². The van der Waals surface area contributed by atoms with Crippen LogP contribution in [-0.2, 0) is 9.53 Å². The Balaban J connectivity index is 2.48. The number of rotatable bonds is 9. The molecule has 2 unspecified atom stereocenters. The summed E-state index contributed by atoms with van der Waals surface area (Å²) in [5.41, 5.74) is 4.93. The van der Waals surface area contributed by atoms with E-state index in [9.17, 15) is 4.79 Å². The van der Waals surface area contributed by atoms with Crippen LogP contribution in [-0.4, -0.2) is 54.7 Å². The maximum absolute atomic E-state index is 11.7. The Morgan fingerprint density at radius 1 is 1.55 bits per heavy atom. The third-order valence-corrected chi connectivity index (χ3v) is 4.01. The van der Waals surface area contributed by atoms with Gasteiger partial charge in [-0.15, -0.1) is 0 Å². The van der Waals surface area contributed by atoms with Crippen molar-refractivity contribution in [2.24, 2.45) is 5.73 Å². The first kappa shape index (κ1) is 17.4. The van der Waals surface area contributed by atoms with Crippen LogP contribution in [0.2, 0.25) is 0 Å². The molecule has 0 bridgehead atoms. The van der Waals surface area contributed by atoms with Crippen LogP contribution in [0.25, 0.3) is 0 Å². The van der Waals surface area contributed by atoms with E-state index in [-0.39, 0.29) is 11.9 Å². The molecule has 0 saturated carbocycles. The van der Waals surface area contributed by atoms with Crippen molar-refractivity contribution in [3.05, 3.63) is 0 Å². The third kappa shape index (κ3) is 5.38. The van der Waals surface area contributed by atoms with E-state index in [0.29, 0.717) is 6.10 Å². The minimum absolute atomic E-state index is 0.237. The molecule has 1 amide bonds. The van der Waals surface area contributed by atoms with Crippen molar-refractivity contribution < 1.29 is 9.53 Å². The molecule has 1 rings (SSSR count). The summed E-state index contributed by atoms with van der Waals surface area (Å²) in [6.07, 6.45) is 3.39. The monoisotopic (exact) mass is 285 g/mol. The van der Waals surface area contributed by atoms with Gasteiger partial charge in [-0.25, -0.2) is 0 Å². The van der Waals surface area contributed by atoms with Crippen LogP contribution in [0.15, 0.2) is 0 Å². The second-order valence-electron chi connectivity index (χ2n) is 6.27. The Kier molecular flexibility index (Phi) is 6.92. The number of primary amides is 1. The highest BCUT2D eigenvalue weighted by Crippen LogP contribution is 2.16. The number of hydrogen-bond acceptors (Lipinski definition) is 4. The zero-order valence-electron chi connectivity index (χ0n) is 13.4. The van der Waals surface area contributed by atoms with Gasteiger partial charge >= 0.3 is 0 Å². The zero-order valence-corrected chi connectivity index (χ0v) is 13.4. The lowest BCUT2D eigenvalue weighted by atomic mass is 9.95. The molecular weight excluding hydrogens is 254 g/mol. The summed E-state index contributed by atoms with van der Waals surface area (Å²) in [7, 11) is 0. The first-order valence-electron chi connectivity index (χ1n) is 7.79. The van der Waals surface area contributed by atoms with Crippen LogP contribution in [0.4, 0.5) is 0 Å². The van der Waals surface area contributed by atoms with E-state index >= 15 is 0 Å². The lowest BCUT2D eigenvalue weighted by molar-refractivity contribution is -0.124. The fraction of sp³-hybridized carbons (Fsp3) is 0.933. The molecule has 5 nitrogen and oxygen atoms in total. The van der Waals surface area contributed by atoms with Crippen LogP contribution in [0.5, 0.6) is 0 Å². The van der Waals surface area contributed by atoms with E-state index in [2.05, 4.69) is 17.1 Å². The number of ether oxygens (including phenoxy) is 1. The zero-order chi connectivity index (χ0) is 15.2. The Labute approximate surface area is 123 Å².